The molecule has 118 valence electrons. The number of anilines is 1. The maximum Gasteiger partial charge on any atom is 0.264 e. The molecule has 23 heavy (non-hydrogen) atoms. The Labute approximate surface area is 143 Å². The summed E-state index contributed by atoms with van der Waals surface area (Å²) in [5, 5.41) is 3.98. The first-order chi connectivity index (χ1) is 11.0. The highest BCUT2D eigenvalue weighted by Gasteiger charge is 2.11. The van der Waals surface area contributed by atoms with Crippen LogP contribution in [-0.4, -0.2) is 17.5 Å². The second-order valence-corrected chi connectivity index (χ2v) is 6.58. The summed E-state index contributed by atoms with van der Waals surface area (Å²) in [4.78, 5) is 16.5. The fourth-order valence-electron chi connectivity index (χ4n) is 2.17. The molecule has 0 radical (unpaired) electrons. The van der Waals surface area contributed by atoms with Crippen molar-refractivity contribution in [2.75, 3.05) is 11.9 Å². The third-order valence-corrected chi connectivity index (χ3v) is 4.79. The van der Waals surface area contributed by atoms with Gasteiger partial charge in [-0.1, -0.05) is 41.1 Å². The van der Waals surface area contributed by atoms with Crippen molar-refractivity contribution in [2.24, 2.45) is 0 Å². The number of para-hydroxylation sites is 1. The van der Waals surface area contributed by atoms with Crippen molar-refractivity contribution >= 4 is 44.2 Å². The minimum absolute atomic E-state index is 0.0550. The number of aryl methyl sites for hydroxylation is 2. The number of nitrogens with zero attached hydrogens (tertiary/aromatic N) is 1. The second-order valence-electron chi connectivity index (χ2n) is 5.14. The number of hydrogen-bond acceptors (Lipinski definition) is 4. The Morgan fingerprint density at radius 3 is 2.83 bits per heavy atom. The van der Waals surface area contributed by atoms with Gasteiger partial charge >= 0.3 is 0 Å². The van der Waals surface area contributed by atoms with Gasteiger partial charge in [-0.15, -0.1) is 0 Å². The van der Waals surface area contributed by atoms with E-state index in [-0.39, 0.29) is 12.5 Å². The lowest BCUT2D eigenvalue weighted by Gasteiger charge is -2.07. The van der Waals surface area contributed by atoms with Crippen LogP contribution >= 0.6 is 22.9 Å². The molecule has 0 aliphatic heterocycles. The first-order valence-corrected chi connectivity index (χ1v) is 8.28. The summed E-state index contributed by atoms with van der Waals surface area (Å²) in [6.45, 7) is 3.80. The minimum atomic E-state index is -0.240. The van der Waals surface area contributed by atoms with Gasteiger partial charge in [0.05, 0.1) is 10.2 Å². The molecular formula is C17H15ClN2O2S. The quantitative estimate of drug-likeness (QED) is 0.752. The molecule has 0 bridgehead atoms. The number of rotatable bonds is 4. The predicted molar refractivity (Wildman–Crippen MR) is 94.7 cm³/mol. The molecule has 0 saturated heterocycles. The SMILES string of the molecule is Cc1ccccc1OCC(=O)Nc1nc2c(C)c(Cl)ccc2s1. The highest BCUT2D eigenvalue weighted by molar-refractivity contribution is 7.22. The summed E-state index contributed by atoms with van der Waals surface area (Å²) in [7, 11) is 0. The summed E-state index contributed by atoms with van der Waals surface area (Å²) in [6.07, 6.45) is 0. The lowest BCUT2D eigenvalue weighted by Crippen LogP contribution is -2.20. The van der Waals surface area contributed by atoms with E-state index in [1.165, 1.54) is 11.3 Å². The van der Waals surface area contributed by atoms with Gasteiger partial charge in [0.15, 0.2) is 11.7 Å². The van der Waals surface area contributed by atoms with E-state index >= 15 is 0 Å². The Kier molecular flexibility index (Phi) is 4.50. The van der Waals surface area contributed by atoms with Crippen LogP contribution in [0.15, 0.2) is 36.4 Å². The van der Waals surface area contributed by atoms with Crippen molar-refractivity contribution in [3.05, 3.63) is 52.5 Å². The number of carbonyl (C=O) groups is 1. The molecule has 0 spiro atoms. The van der Waals surface area contributed by atoms with Gasteiger partial charge in [0, 0.05) is 5.02 Å². The van der Waals surface area contributed by atoms with Gasteiger partial charge in [-0.05, 0) is 43.2 Å². The zero-order chi connectivity index (χ0) is 16.4. The van der Waals surface area contributed by atoms with Crippen LogP contribution in [-0.2, 0) is 4.79 Å². The number of fused-ring (bicyclic) bond motifs is 1. The van der Waals surface area contributed by atoms with Gasteiger partial charge < -0.3 is 4.74 Å². The first kappa shape index (κ1) is 15.8. The molecule has 1 aromatic heterocycles. The van der Waals surface area contributed by atoms with Crippen molar-refractivity contribution < 1.29 is 9.53 Å². The number of nitrogens with one attached hydrogen (secondary N) is 1. The summed E-state index contributed by atoms with van der Waals surface area (Å²) < 4.78 is 6.52. The number of halogens is 1. The molecule has 6 heteroatoms. The van der Waals surface area contributed by atoms with Gasteiger partial charge in [0.25, 0.3) is 5.91 Å². The largest absolute Gasteiger partial charge is 0.483 e. The molecule has 0 atom stereocenters. The van der Waals surface area contributed by atoms with E-state index in [1.54, 1.807) is 0 Å². The molecule has 1 heterocycles. The van der Waals surface area contributed by atoms with E-state index in [0.717, 1.165) is 21.3 Å². The van der Waals surface area contributed by atoms with E-state index < -0.39 is 0 Å². The highest BCUT2D eigenvalue weighted by atomic mass is 35.5. The third-order valence-electron chi connectivity index (χ3n) is 3.45. The van der Waals surface area contributed by atoms with Crippen LogP contribution in [0.25, 0.3) is 10.2 Å². The molecule has 1 N–H and O–H groups in total. The number of benzene rings is 2. The van der Waals surface area contributed by atoms with E-state index in [2.05, 4.69) is 10.3 Å². The molecule has 0 aliphatic rings. The van der Waals surface area contributed by atoms with Gasteiger partial charge in [-0.25, -0.2) is 4.98 Å². The highest BCUT2D eigenvalue weighted by Crippen LogP contribution is 2.31. The van der Waals surface area contributed by atoms with E-state index in [4.69, 9.17) is 16.3 Å². The molecule has 0 aliphatic carbocycles. The monoisotopic (exact) mass is 346 g/mol. The lowest BCUT2D eigenvalue weighted by molar-refractivity contribution is -0.118. The van der Waals surface area contributed by atoms with E-state index in [0.29, 0.717) is 15.9 Å². The fourth-order valence-corrected chi connectivity index (χ4v) is 3.27. The van der Waals surface area contributed by atoms with Crippen molar-refractivity contribution in [2.45, 2.75) is 13.8 Å². The third kappa shape index (κ3) is 3.46. The Hall–Kier alpha value is -2.11. The maximum absolute atomic E-state index is 12.0. The van der Waals surface area contributed by atoms with Gasteiger partial charge in [-0.2, -0.15) is 0 Å². The zero-order valence-corrected chi connectivity index (χ0v) is 14.3. The van der Waals surface area contributed by atoms with Gasteiger partial charge in [0.2, 0.25) is 0 Å². The average molecular weight is 347 g/mol. The topological polar surface area (TPSA) is 51.2 Å². The molecule has 0 unspecified atom stereocenters. The smallest absolute Gasteiger partial charge is 0.264 e. The van der Waals surface area contributed by atoms with Crippen LogP contribution in [0.3, 0.4) is 0 Å². The normalized spacial score (nSPS) is 10.7. The van der Waals surface area contributed by atoms with Crippen LogP contribution in [0.4, 0.5) is 5.13 Å². The van der Waals surface area contributed by atoms with E-state index in [1.807, 2.05) is 50.2 Å². The Morgan fingerprint density at radius 2 is 2.04 bits per heavy atom. The van der Waals surface area contributed by atoms with Crippen LogP contribution in [0.2, 0.25) is 5.02 Å². The molecular weight excluding hydrogens is 332 g/mol. The van der Waals surface area contributed by atoms with Crippen molar-refractivity contribution in [3.8, 4) is 5.75 Å². The van der Waals surface area contributed by atoms with Crippen molar-refractivity contribution in [1.29, 1.82) is 0 Å². The molecule has 0 fully saturated rings. The second kappa shape index (κ2) is 6.56. The molecule has 4 nitrogen and oxygen atoms in total. The predicted octanol–water partition coefficient (Wildman–Crippen LogP) is 4.58. The summed E-state index contributed by atoms with van der Waals surface area (Å²) in [6, 6.07) is 11.3. The number of aromatic nitrogens is 1. The molecule has 1 amide bonds. The summed E-state index contributed by atoms with van der Waals surface area (Å²) in [5.74, 6) is 0.464. The fraction of sp³-hybridized carbons (Fsp3) is 0.176. The minimum Gasteiger partial charge on any atom is -0.483 e. The Morgan fingerprint density at radius 1 is 1.26 bits per heavy atom. The standard InChI is InChI=1S/C17H15ClN2O2S/c1-10-5-3-4-6-13(10)22-9-15(21)19-17-20-16-11(2)12(18)7-8-14(16)23-17/h3-8H,9H2,1-2H3,(H,19,20,21). The van der Waals surface area contributed by atoms with E-state index in [9.17, 15) is 4.79 Å². The number of carbonyl (C=O) groups excluding carboxylic acids is 1. The Balaban J connectivity index is 1.68. The van der Waals surface area contributed by atoms with Crippen LogP contribution in [0.1, 0.15) is 11.1 Å². The van der Waals surface area contributed by atoms with Crippen molar-refractivity contribution in [3.63, 3.8) is 0 Å². The molecule has 3 aromatic rings. The van der Waals surface area contributed by atoms with Crippen molar-refractivity contribution in [1.82, 2.24) is 4.98 Å². The molecule has 0 saturated carbocycles. The lowest BCUT2D eigenvalue weighted by atomic mass is 10.2. The molecule has 2 aromatic carbocycles. The number of hydrogen-bond donors (Lipinski definition) is 1. The summed E-state index contributed by atoms with van der Waals surface area (Å²) in [5.41, 5.74) is 2.72. The Bertz CT molecular complexity index is 876. The number of amides is 1. The van der Waals surface area contributed by atoms with Gasteiger partial charge in [-0.3, -0.25) is 10.1 Å². The van der Waals surface area contributed by atoms with Crippen LogP contribution in [0.5, 0.6) is 5.75 Å². The first-order valence-electron chi connectivity index (χ1n) is 7.08. The van der Waals surface area contributed by atoms with Gasteiger partial charge in [0.1, 0.15) is 5.75 Å². The average Bonchev–Trinajstić information content (AvgIpc) is 2.93. The maximum atomic E-state index is 12.0. The van der Waals surface area contributed by atoms with Crippen LogP contribution < -0.4 is 10.1 Å². The zero-order valence-electron chi connectivity index (χ0n) is 12.7. The summed E-state index contributed by atoms with van der Waals surface area (Å²) >= 11 is 7.51. The molecule has 3 rings (SSSR count). The number of thiazole rings is 1. The van der Waals surface area contributed by atoms with Crippen LogP contribution in [0, 0.1) is 13.8 Å². The number of ether oxygens (including phenoxy) is 1.